The van der Waals surface area contributed by atoms with Crippen LogP contribution in [0.4, 0.5) is 13.2 Å². The highest BCUT2D eigenvalue weighted by Crippen LogP contribution is 2.20. The molecular formula is C9H18F3N. The van der Waals surface area contributed by atoms with Crippen molar-refractivity contribution in [1.29, 1.82) is 0 Å². The van der Waals surface area contributed by atoms with E-state index < -0.39 is 12.7 Å². The van der Waals surface area contributed by atoms with E-state index in [9.17, 15) is 13.2 Å². The maximum Gasteiger partial charge on any atom is 0.401 e. The number of nitrogens with zero attached hydrogens (tertiary/aromatic N) is 1. The van der Waals surface area contributed by atoms with Crippen molar-refractivity contribution >= 4 is 0 Å². The first-order chi connectivity index (χ1) is 5.60. The van der Waals surface area contributed by atoms with Gasteiger partial charge < -0.3 is 0 Å². The number of hydrogen-bond donors (Lipinski definition) is 0. The van der Waals surface area contributed by atoms with Crippen LogP contribution in [0.5, 0.6) is 0 Å². The van der Waals surface area contributed by atoms with Crippen molar-refractivity contribution in [2.24, 2.45) is 5.41 Å². The highest BCUT2D eigenvalue weighted by molar-refractivity contribution is 4.66. The molecule has 0 spiro atoms. The summed E-state index contributed by atoms with van der Waals surface area (Å²) in [5, 5.41) is 0. The molecule has 0 aromatic carbocycles. The zero-order valence-electron chi connectivity index (χ0n) is 8.70. The van der Waals surface area contributed by atoms with Crippen LogP contribution in [0.3, 0.4) is 0 Å². The van der Waals surface area contributed by atoms with Crippen molar-refractivity contribution in [2.45, 2.75) is 33.4 Å². The highest BCUT2D eigenvalue weighted by Gasteiger charge is 2.29. The maximum absolute atomic E-state index is 11.9. The molecule has 0 saturated carbocycles. The predicted molar refractivity (Wildman–Crippen MR) is 47.6 cm³/mol. The van der Waals surface area contributed by atoms with Crippen molar-refractivity contribution < 1.29 is 13.2 Å². The molecule has 4 heteroatoms. The number of rotatable bonds is 3. The van der Waals surface area contributed by atoms with Gasteiger partial charge in [0.25, 0.3) is 0 Å². The average molecular weight is 197 g/mol. The Morgan fingerprint density at radius 2 is 1.54 bits per heavy atom. The molecule has 0 fully saturated rings. The Morgan fingerprint density at radius 1 is 1.08 bits per heavy atom. The van der Waals surface area contributed by atoms with Gasteiger partial charge in [0.15, 0.2) is 0 Å². The molecule has 0 aliphatic carbocycles. The topological polar surface area (TPSA) is 3.24 Å². The molecule has 0 amide bonds. The highest BCUT2D eigenvalue weighted by atomic mass is 19.4. The second-order valence-corrected chi connectivity index (χ2v) is 4.66. The van der Waals surface area contributed by atoms with Crippen molar-refractivity contribution in [1.82, 2.24) is 4.90 Å². The van der Waals surface area contributed by atoms with E-state index in [0.29, 0.717) is 6.54 Å². The van der Waals surface area contributed by atoms with Crippen LogP contribution in [0.2, 0.25) is 0 Å². The van der Waals surface area contributed by atoms with Gasteiger partial charge in [0, 0.05) is 0 Å². The summed E-state index contributed by atoms with van der Waals surface area (Å²) in [6.45, 7) is 5.74. The van der Waals surface area contributed by atoms with Gasteiger partial charge in [-0.2, -0.15) is 13.2 Å². The smallest absolute Gasteiger partial charge is 0.298 e. The summed E-state index contributed by atoms with van der Waals surface area (Å²) in [5.74, 6) is 0. The summed E-state index contributed by atoms with van der Waals surface area (Å²) in [7, 11) is 1.50. The van der Waals surface area contributed by atoms with Crippen molar-refractivity contribution in [2.75, 3.05) is 20.1 Å². The van der Waals surface area contributed by atoms with E-state index in [4.69, 9.17) is 0 Å². The normalized spacial score (nSPS) is 13.8. The third-order valence-corrected chi connectivity index (χ3v) is 1.69. The summed E-state index contributed by atoms with van der Waals surface area (Å²) in [6, 6.07) is 0. The second kappa shape index (κ2) is 4.31. The standard InChI is InChI=1S/C9H18F3N/c1-8(2,3)5-6-13(4)7-9(10,11)12/h5-7H2,1-4H3. The van der Waals surface area contributed by atoms with Crippen LogP contribution in [0.25, 0.3) is 0 Å². The molecule has 0 heterocycles. The first kappa shape index (κ1) is 12.8. The van der Waals surface area contributed by atoms with Gasteiger partial charge in [-0.1, -0.05) is 20.8 Å². The van der Waals surface area contributed by atoms with Gasteiger partial charge in [0.2, 0.25) is 0 Å². The van der Waals surface area contributed by atoms with Crippen LogP contribution < -0.4 is 0 Å². The molecule has 0 N–H and O–H groups in total. The molecule has 13 heavy (non-hydrogen) atoms. The largest absolute Gasteiger partial charge is 0.401 e. The molecule has 0 unspecified atom stereocenters. The van der Waals surface area contributed by atoms with Crippen molar-refractivity contribution in [3.8, 4) is 0 Å². The van der Waals surface area contributed by atoms with Gasteiger partial charge in [-0.25, -0.2) is 0 Å². The van der Waals surface area contributed by atoms with E-state index in [1.54, 1.807) is 0 Å². The van der Waals surface area contributed by atoms with Crippen LogP contribution in [0, 0.1) is 5.41 Å². The van der Waals surface area contributed by atoms with Crippen molar-refractivity contribution in [3.05, 3.63) is 0 Å². The first-order valence-corrected chi connectivity index (χ1v) is 4.35. The Labute approximate surface area is 77.9 Å². The summed E-state index contributed by atoms with van der Waals surface area (Å²) in [4.78, 5) is 1.31. The Bertz CT molecular complexity index is 146. The zero-order valence-corrected chi connectivity index (χ0v) is 8.70. The molecule has 0 aromatic heterocycles. The van der Waals surface area contributed by atoms with Gasteiger partial charge in [-0.3, -0.25) is 4.90 Å². The SMILES string of the molecule is CN(CCC(C)(C)C)CC(F)(F)F. The van der Waals surface area contributed by atoms with Gasteiger partial charge in [0.05, 0.1) is 6.54 Å². The molecular weight excluding hydrogens is 179 g/mol. The van der Waals surface area contributed by atoms with Crippen molar-refractivity contribution in [3.63, 3.8) is 0 Å². The Morgan fingerprint density at radius 3 is 1.85 bits per heavy atom. The fraction of sp³-hybridized carbons (Fsp3) is 1.00. The Hall–Kier alpha value is -0.250. The molecule has 0 saturated heterocycles. The lowest BCUT2D eigenvalue weighted by atomic mass is 9.92. The molecule has 0 atom stereocenters. The quantitative estimate of drug-likeness (QED) is 0.672. The molecule has 0 bridgehead atoms. The molecule has 0 aromatic rings. The fourth-order valence-electron chi connectivity index (χ4n) is 0.911. The van der Waals surface area contributed by atoms with Crippen LogP contribution >= 0.6 is 0 Å². The van der Waals surface area contributed by atoms with Gasteiger partial charge in [-0.05, 0) is 25.4 Å². The summed E-state index contributed by atoms with van der Waals surface area (Å²) in [6.07, 6.45) is -3.30. The number of halogens is 3. The lowest BCUT2D eigenvalue weighted by Gasteiger charge is -2.24. The monoisotopic (exact) mass is 197 g/mol. The molecule has 0 aliphatic heterocycles. The van der Waals surface area contributed by atoms with Crippen LogP contribution in [0.1, 0.15) is 27.2 Å². The van der Waals surface area contributed by atoms with E-state index in [2.05, 4.69) is 0 Å². The second-order valence-electron chi connectivity index (χ2n) is 4.66. The number of alkyl halides is 3. The third-order valence-electron chi connectivity index (χ3n) is 1.69. The minimum Gasteiger partial charge on any atom is -0.298 e. The molecule has 0 rings (SSSR count). The molecule has 80 valence electrons. The van der Waals surface area contributed by atoms with E-state index in [1.165, 1.54) is 11.9 Å². The predicted octanol–water partition coefficient (Wildman–Crippen LogP) is 2.92. The van der Waals surface area contributed by atoms with E-state index in [-0.39, 0.29) is 5.41 Å². The van der Waals surface area contributed by atoms with E-state index >= 15 is 0 Å². The third kappa shape index (κ3) is 9.67. The maximum atomic E-state index is 11.9. The minimum atomic E-state index is -4.08. The Kier molecular flexibility index (Phi) is 4.23. The van der Waals surface area contributed by atoms with Crippen LogP contribution in [0.15, 0.2) is 0 Å². The molecule has 0 aliphatic rings. The summed E-state index contributed by atoms with van der Waals surface area (Å²) >= 11 is 0. The molecule has 0 radical (unpaired) electrons. The summed E-state index contributed by atoms with van der Waals surface area (Å²) < 4.78 is 35.7. The van der Waals surface area contributed by atoms with Crippen LogP contribution in [-0.2, 0) is 0 Å². The number of hydrogen-bond acceptors (Lipinski definition) is 1. The van der Waals surface area contributed by atoms with E-state index in [0.717, 1.165) is 6.42 Å². The van der Waals surface area contributed by atoms with Gasteiger partial charge >= 0.3 is 6.18 Å². The van der Waals surface area contributed by atoms with Gasteiger partial charge in [-0.15, -0.1) is 0 Å². The van der Waals surface area contributed by atoms with Gasteiger partial charge in [0.1, 0.15) is 0 Å². The first-order valence-electron chi connectivity index (χ1n) is 4.35. The minimum absolute atomic E-state index is 0.0971. The average Bonchev–Trinajstić information content (AvgIpc) is 1.78. The van der Waals surface area contributed by atoms with E-state index in [1.807, 2.05) is 20.8 Å². The lowest BCUT2D eigenvalue weighted by Crippen LogP contribution is -2.33. The molecule has 1 nitrogen and oxygen atoms in total. The van der Waals surface area contributed by atoms with Crippen LogP contribution in [-0.4, -0.2) is 31.2 Å². The zero-order chi connectivity index (χ0) is 10.7. The summed E-state index contributed by atoms with van der Waals surface area (Å²) in [5.41, 5.74) is 0.0971. The Balaban J connectivity index is 3.70. The fourth-order valence-corrected chi connectivity index (χ4v) is 0.911. The lowest BCUT2D eigenvalue weighted by molar-refractivity contribution is -0.143.